The summed E-state index contributed by atoms with van der Waals surface area (Å²) in [5.74, 6) is -0.409. The molecule has 138 valence electrons. The largest absolute Gasteiger partial charge is 0.381 e. The molecule has 0 saturated carbocycles. The average Bonchev–Trinajstić information content (AvgIpc) is 3.24. The number of halogens is 1. The summed E-state index contributed by atoms with van der Waals surface area (Å²) in [5.41, 5.74) is 2.61. The molecule has 0 aliphatic carbocycles. The molecule has 1 aromatic heterocycles. The average molecular weight is 365 g/mol. The highest BCUT2D eigenvalue weighted by Gasteiger charge is 2.41. The topological polar surface area (TPSA) is 67.0 Å². The smallest absolute Gasteiger partial charge is 0.235 e. The number of nitrogens with one attached hydrogen (secondary N) is 2. The summed E-state index contributed by atoms with van der Waals surface area (Å²) < 4.78 is 18.8. The van der Waals surface area contributed by atoms with Crippen LogP contribution in [-0.2, 0) is 14.9 Å². The zero-order valence-corrected chi connectivity index (χ0v) is 14.7. The van der Waals surface area contributed by atoms with Crippen molar-refractivity contribution in [1.29, 1.82) is 0 Å². The molecule has 1 fully saturated rings. The molecule has 6 heteroatoms. The summed E-state index contributed by atoms with van der Waals surface area (Å²) >= 11 is 0. The fourth-order valence-electron chi connectivity index (χ4n) is 3.57. The molecular formula is C21H20FN3O2. The Labute approximate surface area is 156 Å². The van der Waals surface area contributed by atoms with Crippen LogP contribution in [0.5, 0.6) is 0 Å². The Morgan fingerprint density at radius 2 is 1.89 bits per heavy atom. The van der Waals surface area contributed by atoms with E-state index in [1.165, 1.54) is 12.1 Å². The van der Waals surface area contributed by atoms with E-state index in [0.29, 0.717) is 31.7 Å². The first-order valence-corrected chi connectivity index (χ1v) is 8.92. The van der Waals surface area contributed by atoms with Crippen molar-refractivity contribution < 1.29 is 13.9 Å². The predicted octanol–water partition coefficient (Wildman–Crippen LogP) is 3.90. The van der Waals surface area contributed by atoms with E-state index in [-0.39, 0.29) is 11.7 Å². The Morgan fingerprint density at radius 3 is 2.59 bits per heavy atom. The second kappa shape index (κ2) is 7.32. The van der Waals surface area contributed by atoms with Gasteiger partial charge in [-0.25, -0.2) is 4.39 Å². The molecule has 2 N–H and O–H groups in total. The van der Waals surface area contributed by atoms with Crippen molar-refractivity contribution in [2.45, 2.75) is 18.3 Å². The minimum absolute atomic E-state index is 0.0980. The van der Waals surface area contributed by atoms with Gasteiger partial charge in [-0.1, -0.05) is 24.3 Å². The molecule has 3 aromatic rings. The van der Waals surface area contributed by atoms with Crippen LogP contribution >= 0.6 is 0 Å². The van der Waals surface area contributed by atoms with E-state index in [1.54, 1.807) is 18.3 Å². The van der Waals surface area contributed by atoms with Crippen molar-refractivity contribution in [1.82, 2.24) is 10.2 Å². The van der Waals surface area contributed by atoms with Gasteiger partial charge in [0.25, 0.3) is 0 Å². The maximum Gasteiger partial charge on any atom is 0.235 e. The SMILES string of the molecule is O=C(Nc1cccc(-c2ccn[nH]2)c1)C1(c2ccc(F)cc2)CCOCC1. The van der Waals surface area contributed by atoms with E-state index in [1.807, 2.05) is 30.3 Å². The van der Waals surface area contributed by atoms with E-state index in [9.17, 15) is 9.18 Å². The lowest BCUT2D eigenvalue weighted by Gasteiger charge is -2.36. The molecule has 0 spiro atoms. The third-order valence-corrected chi connectivity index (χ3v) is 5.11. The number of aromatic amines is 1. The van der Waals surface area contributed by atoms with Gasteiger partial charge in [-0.15, -0.1) is 0 Å². The van der Waals surface area contributed by atoms with Gasteiger partial charge < -0.3 is 10.1 Å². The number of carbonyl (C=O) groups excluding carboxylic acids is 1. The molecule has 2 aromatic carbocycles. The van der Waals surface area contributed by atoms with Gasteiger partial charge in [0.15, 0.2) is 0 Å². The number of carbonyl (C=O) groups is 1. The Hall–Kier alpha value is -2.99. The van der Waals surface area contributed by atoms with Gasteiger partial charge in [0.1, 0.15) is 5.82 Å². The molecule has 4 rings (SSSR count). The van der Waals surface area contributed by atoms with Crippen LogP contribution in [0.2, 0.25) is 0 Å². The number of hydrogen-bond donors (Lipinski definition) is 2. The highest BCUT2D eigenvalue weighted by atomic mass is 19.1. The summed E-state index contributed by atoms with van der Waals surface area (Å²) in [6, 6.07) is 15.7. The molecule has 1 amide bonds. The van der Waals surface area contributed by atoms with Crippen molar-refractivity contribution in [2.24, 2.45) is 0 Å². The first-order chi connectivity index (χ1) is 13.2. The van der Waals surface area contributed by atoms with Crippen molar-refractivity contribution >= 4 is 11.6 Å². The number of amides is 1. The van der Waals surface area contributed by atoms with Crippen LogP contribution in [0.3, 0.4) is 0 Å². The minimum Gasteiger partial charge on any atom is -0.381 e. The van der Waals surface area contributed by atoms with Crippen LogP contribution in [0.1, 0.15) is 18.4 Å². The van der Waals surface area contributed by atoms with Crippen LogP contribution in [0.4, 0.5) is 10.1 Å². The van der Waals surface area contributed by atoms with Crippen LogP contribution < -0.4 is 5.32 Å². The van der Waals surface area contributed by atoms with E-state index in [0.717, 1.165) is 16.8 Å². The molecule has 5 nitrogen and oxygen atoms in total. The fourth-order valence-corrected chi connectivity index (χ4v) is 3.57. The van der Waals surface area contributed by atoms with Crippen molar-refractivity contribution in [3.05, 3.63) is 72.2 Å². The van der Waals surface area contributed by atoms with Crippen LogP contribution in [-0.4, -0.2) is 29.3 Å². The summed E-state index contributed by atoms with van der Waals surface area (Å²) in [6.45, 7) is 0.998. The van der Waals surface area contributed by atoms with E-state index >= 15 is 0 Å². The Bertz CT molecular complexity index is 917. The van der Waals surface area contributed by atoms with Crippen molar-refractivity contribution in [3.63, 3.8) is 0 Å². The predicted molar refractivity (Wildman–Crippen MR) is 101 cm³/mol. The van der Waals surface area contributed by atoms with Gasteiger partial charge in [-0.05, 0) is 48.7 Å². The molecule has 1 aliphatic rings. The quantitative estimate of drug-likeness (QED) is 0.737. The molecule has 0 bridgehead atoms. The lowest BCUT2D eigenvalue weighted by Crippen LogP contribution is -2.44. The lowest BCUT2D eigenvalue weighted by atomic mass is 9.73. The normalized spacial score (nSPS) is 16.0. The first kappa shape index (κ1) is 17.4. The van der Waals surface area contributed by atoms with Gasteiger partial charge in [-0.3, -0.25) is 9.89 Å². The number of aromatic nitrogens is 2. The maximum absolute atomic E-state index is 13.4. The highest BCUT2D eigenvalue weighted by Crippen LogP contribution is 2.36. The fraction of sp³-hybridized carbons (Fsp3) is 0.238. The Morgan fingerprint density at radius 1 is 1.11 bits per heavy atom. The summed E-state index contributed by atoms with van der Waals surface area (Å²) in [5, 5.41) is 9.93. The van der Waals surface area contributed by atoms with Crippen LogP contribution in [0.15, 0.2) is 60.8 Å². The summed E-state index contributed by atoms with van der Waals surface area (Å²) in [7, 11) is 0. The van der Waals surface area contributed by atoms with Crippen LogP contribution in [0, 0.1) is 5.82 Å². The summed E-state index contributed by atoms with van der Waals surface area (Å²) in [4.78, 5) is 13.3. The maximum atomic E-state index is 13.4. The number of ether oxygens (including phenoxy) is 1. The number of hydrogen-bond acceptors (Lipinski definition) is 3. The highest BCUT2D eigenvalue weighted by molar-refractivity contribution is 5.99. The number of H-pyrrole nitrogens is 1. The van der Waals surface area contributed by atoms with Crippen LogP contribution in [0.25, 0.3) is 11.3 Å². The zero-order valence-electron chi connectivity index (χ0n) is 14.7. The Kier molecular flexibility index (Phi) is 4.73. The van der Waals surface area contributed by atoms with Gasteiger partial charge in [0.2, 0.25) is 5.91 Å². The molecule has 0 unspecified atom stereocenters. The van der Waals surface area contributed by atoms with Gasteiger partial charge in [0, 0.05) is 30.7 Å². The van der Waals surface area contributed by atoms with E-state index in [4.69, 9.17) is 4.74 Å². The molecule has 0 radical (unpaired) electrons. The third kappa shape index (κ3) is 3.48. The second-order valence-corrected chi connectivity index (χ2v) is 6.71. The van der Waals surface area contributed by atoms with E-state index in [2.05, 4.69) is 15.5 Å². The zero-order chi connectivity index (χ0) is 18.7. The second-order valence-electron chi connectivity index (χ2n) is 6.71. The number of rotatable bonds is 4. The van der Waals surface area contributed by atoms with Crippen molar-refractivity contribution in [2.75, 3.05) is 18.5 Å². The van der Waals surface area contributed by atoms with Crippen molar-refractivity contribution in [3.8, 4) is 11.3 Å². The molecular weight excluding hydrogens is 345 g/mol. The summed E-state index contributed by atoms with van der Waals surface area (Å²) in [6.07, 6.45) is 2.81. The first-order valence-electron chi connectivity index (χ1n) is 8.92. The molecule has 2 heterocycles. The molecule has 1 aliphatic heterocycles. The van der Waals surface area contributed by atoms with Gasteiger partial charge in [-0.2, -0.15) is 5.10 Å². The van der Waals surface area contributed by atoms with Gasteiger partial charge >= 0.3 is 0 Å². The lowest BCUT2D eigenvalue weighted by molar-refractivity contribution is -0.125. The standard InChI is InChI=1S/C21H20FN3O2/c22-17-6-4-16(5-7-17)21(9-12-27-13-10-21)20(26)24-18-3-1-2-15(14-18)19-8-11-23-25-19/h1-8,11,14H,9-10,12-13H2,(H,23,25)(H,24,26). The van der Waals surface area contributed by atoms with Gasteiger partial charge in [0.05, 0.1) is 11.1 Å². The number of nitrogens with zero attached hydrogens (tertiary/aromatic N) is 1. The number of anilines is 1. The Balaban J connectivity index is 1.63. The molecule has 27 heavy (non-hydrogen) atoms. The molecule has 1 saturated heterocycles. The minimum atomic E-state index is -0.726. The monoisotopic (exact) mass is 365 g/mol. The number of benzene rings is 2. The molecule has 0 atom stereocenters. The third-order valence-electron chi connectivity index (χ3n) is 5.11. The van der Waals surface area contributed by atoms with E-state index < -0.39 is 5.41 Å².